The molecule has 6 nitrogen and oxygen atoms in total. The van der Waals surface area contributed by atoms with Gasteiger partial charge in [0.2, 0.25) is 0 Å². The van der Waals surface area contributed by atoms with Crippen molar-refractivity contribution in [1.82, 2.24) is 5.32 Å². The molecule has 2 N–H and O–H groups in total. The molecule has 0 bridgehead atoms. The molecule has 148 valence electrons. The fraction of sp³-hybridized carbons (Fsp3) is 0.364. The van der Waals surface area contributed by atoms with Gasteiger partial charge in [-0.05, 0) is 23.1 Å². The highest BCUT2D eigenvalue weighted by atomic mass is 16.5. The van der Waals surface area contributed by atoms with Crippen molar-refractivity contribution >= 4 is 11.9 Å². The molecular weight excluding hydrogens is 358 g/mol. The first-order valence-electron chi connectivity index (χ1n) is 9.26. The van der Waals surface area contributed by atoms with E-state index in [-0.39, 0.29) is 6.61 Å². The minimum absolute atomic E-state index is 0.153. The molecule has 28 heavy (non-hydrogen) atoms. The number of hydrogen-bond donors (Lipinski definition) is 2. The van der Waals surface area contributed by atoms with E-state index in [0.717, 1.165) is 16.7 Å². The fourth-order valence-electron chi connectivity index (χ4n) is 3.98. The lowest BCUT2D eigenvalue weighted by atomic mass is 9.72. The van der Waals surface area contributed by atoms with Crippen LogP contribution in [0.1, 0.15) is 28.8 Å². The van der Waals surface area contributed by atoms with Crippen LogP contribution in [0.4, 0.5) is 0 Å². The highest BCUT2D eigenvalue weighted by molar-refractivity contribution is 5.84. The lowest BCUT2D eigenvalue weighted by Gasteiger charge is -2.38. The summed E-state index contributed by atoms with van der Waals surface area (Å²) in [5.41, 5.74) is 2.79. The van der Waals surface area contributed by atoms with Crippen molar-refractivity contribution in [2.24, 2.45) is 11.8 Å². The molecule has 1 aliphatic carbocycles. The molecule has 0 amide bonds. The maximum atomic E-state index is 12.7. The van der Waals surface area contributed by atoms with Crippen molar-refractivity contribution in [3.8, 4) is 0 Å². The zero-order valence-corrected chi connectivity index (χ0v) is 16.0. The van der Waals surface area contributed by atoms with Gasteiger partial charge in [0.1, 0.15) is 0 Å². The summed E-state index contributed by atoms with van der Waals surface area (Å²) >= 11 is 0. The SMILES string of the molecule is COC(=O)[C@@H]1[C@H](N[C@@H](CO)c2ccccc2)c2ccccc2C[C@H]1C(=O)OC. The van der Waals surface area contributed by atoms with Crippen molar-refractivity contribution in [2.75, 3.05) is 20.8 Å². The first-order valence-corrected chi connectivity index (χ1v) is 9.26. The topological polar surface area (TPSA) is 84.9 Å². The van der Waals surface area contributed by atoms with Crippen molar-refractivity contribution in [3.63, 3.8) is 0 Å². The number of esters is 2. The molecule has 0 fully saturated rings. The average molecular weight is 383 g/mol. The van der Waals surface area contributed by atoms with Gasteiger partial charge in [0.05, 0.1) is 38.7 Å². The second-order valence-electron chi connectivity index (χ2n) is 6.87. The molecule has 0 aliphatic heterocycles. The van der Waals surface area contributed by atoms with Crippen LogP contribution >= 0.6 is 0 Å². The Morgan fingerprint density at radius 1 is 1.04 bits per heavy atom. The fourth-order valence-corrected chi connectivity index (χ4v) is 3.98. The van der Waals surface area contributed by atoms with Crippen LogP contribution < -0.4 is 5.32 Å². The molecule has 0 aromatic heterocycles. The monoisotopic (exact) mass is 383 g/mol. The van der Waals surface area contributed by atoms with E-state index in [1.807, 2.05) is 54.6 Å². The zero-order chi connectivity index (χ0) is 20.1. The Morgan fingerprint density at radius 3 is 2.32 bits per heavy atom. The number of rotatable bonds is 6. The lowest BCUT2D eigenvalue weighted by Crippen LogP contribution is -2.46. The molecule has 2 aromatic rings. The number of aliphatic hydroxyl groups is 1. The molecule has 0 unspecified atom stereocenters. The Labute approximate surface area is 164 Å². The second-order valence-corrected chi connectivity index (χ2v) is 6.87. The van der Waals surface area contributed by atoms with Crippen molar-refractivity contribution in [3.05, 3.63) is 71.3 Å². The molecule has 3 rings (SSSR count). The number of nitrogens with one attached hydrogen (secondary N) is 1. The van der Waals surface area contributed by atoms with Crippen LogP contribution in [0, 0.1) is 11.8 Å². The van der Waals surface area contributed by atoms with Crippen molar-refractivity contribution in [2.45, 2.75) is 18.5 Å². The molecule has 1 aliphatic rings. The van der Waals surface area contributed by atoms with Gasteiger partial charge in [0.15, 0.2) is 0 Å². The number of carbonyl (C=O) groups excluding carboxylic acids is 2. The Kier molecular flexibility index (Phi) is 6.44. The number of ether oxygens (including phenoxy) is 2. The van der Waals surface area contributed by atoms with Crippen molar-refractivity contribution < 1.29 is 24.2 Å². The van der Waals surface area contributed by atoms with Crippen molar-refractivity contribution in [1.29, 1.82) is 0 Å². The average Bonchev–Trinajstić information content (AvgIpc) is 2.76. The van der Waals surface area contributed by atoms with E-state index < -0.39 is 35.9 Å². The Bertz CT molecular complexity index is 823. The smallest absolute Gasteiger partial charge is 0.311 e. The van der Waals surface area contributed by atoms with Crippen LogP contribution in [0.2, 0.25) is 0 Å². The number of aliphatic hydroxyl groups excluding tert-OH is 1. The first-order chi connectivity index (χ1) is 13.6. The van der Waals surface area contributed by atoms with Gasteiger partial charge in [-0.2, -0.15) is 0 Å². The van der Waals surface area contributed by atoms with Crippen LogP contribution in [0.5, 0.6) is 0 Å². The maximum absolute atomic E-state index is 12.7. The van der Waals surface area contributed by atoms with Crippen LogP contribution in [-0.4, -0.2) is 37.9 Å². The minimum atomic E-state index is -0.759. The molecular formula is C22H25NO5. The molecule has 0 saturated heterocycles. The van der Waals surface area contributed by atoms with Gasteiger partial charge in [0, 0.05) is 6.04 Å². The summed E-state index contributed by atoms with van der Waals surface area (Å²) in [7, 11) is 2.63. The predicted octanol–water partition coefficient (Wildman–Crippen LogP) is 2.19. The summed E-state index contributed by atoms with van der Waals surface area (Å²) in [5.74, 6) is -2.35. The van der Waals surface area contributed by atoms with Crippen LogP contribution in [0.25, 0.3) is 0 Å². The largest absolute Gasteiger partial charge is 0.469 e. The van der Waals surface area contributed by atoms with Crippen LogP contribution in [0.15, 0.2) is 54.6 Å². The molecule has 0 radical (unpaired) electrons. The molecule has 2 aromatic carbocycles. The van der Waals surface area contributed by atoms with Crippen LogP contribution in [-0.2, 0) is 25.5 Å². The van der Waals surface area contributed by atoms with E-state index in [4.69, 9.17) is 9.47 Å². The van der Waals surface area contributed by atoms with Gasteiger partial charge >= 0.3 is 11.9 Å². The van der Waals surface area contributed by atoms with E-state index in [9.17, 15) is 14.7 Å². The van der Waals surface area contributed by atoms with Gasteiger partial charge in [0.25, 0.3) is 0 Å². The van der Waals surface area contributed by atoms with E-state index in [0.29, 0.717) is 6.42 Å². The zero-order valence-electron chi connectivity index (χ0n) is 16.0. The standard InChI is InChI=1S/C22H25NO5/c1-27-21(25)17-12-15-10-6-7-11-16(15)20(19(17)22(26)28-2)23-18(13-24)14-8-4-3-5-9-14/h3-11,17-20,23-24H,12-13H2,1-2H3/t17-,18+,19+,20-/m1/s1. The Hall–Kier alpha value is -2.70. The van der Waals surface area contributed by atoms with Gasteiger partial charge in [-0.3, -0.25) is 9.59 Å². The summed E-state index contributed by atoms with van der Waals surface area (Å²) in [4.78, 5) is 25.2. The van der Waals surface area contributed by atoms with Crippen LogP contribution in [0.3, 0.4) is 0 Å². The van der Waals surface area contributed by atoms with E-state index in [1.54, 1.807) is 0 Å². The van der Waals surface area contributed by atoms with E-state index >= 15 is 0 Å². The minimum Gasteiger partial charge on any atom is -0.469 e. The van der Waals surface area contributed by atoms with Gasteiger partial charge in [-0.15, -0.1) is 0 Å². The third kappa shape index (κ3) is 3.93. The number of hydrogen-bond acceptors (Lipinski definition) is 6. The molecule has 4 atom stereocenters. The Morgan fingerprint density at radius 2 is 1.68 bits per heavy atom. The van der Waals surface area contributed by atoms with E-state index in [1.165, 1.54) is 14.2 Å². The summed E-state index contributed by atoms with van der Waals surface area (Å²) in [6, 6.07) is 16.3. The molecule has 0 heterocycles. The third-order valence-corrected chi connectivity index (χ3v) is 5.37. The maximum Gasteiger partial charge on any atom is 0.311 e. The number of fused-ring (bicyclic) bond motifs is 1. The second kappa shape index (κ2) is 8.99. The predicted molar refractivity (Wildman–Crippen MR) is 103 cm³/mol. The van der Waals surface area contributed by atoms with E-state index in [2.05, 4.69) is 5.32 Å². The normalized spacial score (nSPS) is 22.0. The third-order valence-electron chi connectivity index (χ3n) is 5.37. The molecule has 6 heteroatoms. The number of methoxy groups -OCH3 is 2. The highest BCUT2D eigenvalue weighted by Crippen LogP contribution is 2.40. The lowest BCUT2D eigenvalue weighted by molar-refractivity contribution is -0.159. The first kappa shape index (κ1) is 20.0. The summed E-state index contributed by atoms with van der Waals surface area (Å²) < 4.78 is 10.0. The van der Waals surface area contributed by atoms with Gasteiger partial charge < -0.3 is 19.9 Å². The summed E-state index contributed by atoms with van der Waals surface area (Å²) in [6.45, 7) is -0.153. The quantitative estimate of drug-likeness (QED) is 0.744. The molecule has 0 spiro atoms. The number of carbonyl (C=O) groups is 2. The van der Waals surface area contributed by atoms with Gasteiger partial charge in [-0.25, -0.2) is 0 Å². The number of benzene rings is 2. The van der Waals surface area contributed by atoms with Gasteiger partial charge in [-0.1, -0.05) is 54.6 Å². The Balaban J connectivity index is 2.04. The molecule has 0 saturated carbocycles. The summed E-state index contributed by atoms with van der Waals surface area (Å²) in [5, 5.41) is 13.4. The highest BCUT2D eigenvalue weighted by Gasteiger charge is 2.46. The summed E-state index contributed by atoms with van der Waals surface area (Å²) in [6.07, 6.45) is 0.399.